The molecule has 0 saturated carbocycles. The van der Waals surface area contributed by atoms with Crippen molar-refractivity contribution in [2.24, 2.45) is 5.92 Å². The summed E-state index contributed by atoms with van der Waals surface area (Å²) in [5.41, 5.74) is 1.15. The number of hydrogen-bond acceptors (Lipinski definition) is 3. The molecule has 2 heterocycles. The van der Waals surface area contributed by atoms with Crippen LogP contribution in [0.1, 0.15) is 39.3 Å². The van der Waals surface area contributed by atoms with Crippen LogP contribution in [0.2, 0.25) is 0 Å². The molecule has 0 bridgehead atoms. The van der Waals surface area contributed by atoms with E-state index in [0.717, 1.165) is 5.69 Å². The van der Waals surface area contributed by atoms with Gasteiger partial charge in [-0.3, -0.25) is 10.1 Å². The van der Waals surface area contributed by atoms with Crippen molar-refractivity contribution in [2.45, 2.75) is 39.0 Å². The fourth-order valence-electron chi connectivity index (χ4n) is 3.17. The van der Waals surface area contributed by atoms with Gasteiger partial charge in [0.05, 0.1) is 17.3 Å². The van der Waals surface area contributed by atoms with Crippen LogP contribution in [0, 0.1) is 11.7 Å². The Bertz CT molecular complexity index is 871. The Labute approximate surface area is 163 Å². The van der Waals surface area contributed by atoms with Gasteiger partial charge in [0, 0.05) is 24.6 Å². The highest BCUT2D eigenvalue weighted by Crippen LogP contribution is 2.27. The third kappa shape index (κ3) is 4.32. The number of nitrogens with zero attached hydrogens (tertiary/aromatic N) is 3. The fourth-order valence-corrected chi connectivity index (χ4v) is 3.17. The lowest BCUT2D eigenvalue weighted by Crippen LogP contribution is -2.44. The number of carboxylic acid groups (broad SMARTS) is 1. The largest absolute Gasteiger partial charge is 0.481 e. The van der Waals surface area contributed by atoms with E-state index in [1.165, 1.54) is 17.0 Å². The number of rotatable bonds is 3. The van der Waals surface area contributed by atoms with Crippen LogP contribution in [-0.4, -0.2) is 44.9 Å². The molecule has 28 heavy (non-hydrogen) atoms. The van der Waals surface area contributed by atoms with Crippen molar-refractivity contribution in [3.8, 4) is 5.69 Å². The summed E-state index contributed by atoms with van der Waals surface area (Å²) in [7, 11) is 0. The van der Waals surface area contributed by atoms with Gasteiger partial charge >= 0.3 is 12.0 Å². The zero-order chi connectivity index (χ0) is 20.5. The van der Waals surface area contributed by atoms with Gasteiger partial charge in [0.25, 0.3) is 0 Å². The Kier molecular flexibility index (Phi) is 5.40. The van der Waals surface area contributed by atoms with E-state index in [1.807, 2.05) is 20.8 Å². The van der Waals surface area contributed by atoms with Crippen LogP contribution in [0.5, 0.6) is 0 Å². The molecule has 1 aliphatic heterocycles. The van der Waals surface area contributed by atoms with E-state index < -0.39 is 11.9 Å². The second kappa shape index (κ2) is 7.61. The molecule has 2 N–H and O–H groups in total. The molecule has 1 aliphatic rings. The van der Waals surface area contributed by atoms with Crippen LogP contribution < -0.4 is 5.32 Å². The number of nitrogens with one attached hydrogen (secondary N) is 1. The number of carbonyl (C=O) groups is 2. The first-order valence-corrected chi connectivity index (χ1v) is 9.30. The van der Waals surface area contributed by atoms with Crippen molar-refractivity contribution in [3.63, 3.8) is 0 Å². The van der Waals surface area contributed by atoms with Gasteiger partial charge in [-0.1, -0.05) is 20.8 Å². The minimum Gasteiger partial charge on any atom is -0.481 e. The van der Waals surface area contributed by atoms with E-state index in [-0.39, 0.29) is 23.8 Å². The second-order valence-electron chi connectivity index (χ2n) is 8.11. The Morgan fingerprint density at radius 3 is 2.54 bits per heavy atom. The summed E-state index contributed by atoms with van der Waals surface area (Å²) in [5.74, 6) is -1.33. The Balaban J connectivity index is 1.87. The molecule has 1 saturated heterocycles. The number of carbonyl (C=O) groups excluding carboxylic acids is 1. The highest BCUT2D eigenvalue weighted by molar-refractivity contribution is 5.89. The molecule has 150 valence electrons. The number of anilines is 1. The van der Waals surface area contributed by atoms with Crippen molar-refractivity contribution < 1.29 is 19.1 Å². The molecule has 1 aromatic heterocycles. The number of piperidine rings is 1. The van der Waals surface area contributed by atoms with Crippen molar-refractivity contribution in [3.05, 3.63) is 41.8 Å². The van der Waals surface area contributed by atoms with Crippen LogP contribution >= 0.6 is 0 Å². The van der Waals surface area contributed by atoms with Crippen LogP contribution in [0.25, 0.3) is 5.69 Å². The number of halogens is 1. The van der Waals surface area contributed by atoms with Crippen LogP contribution in [0.3, 0.4) is 0 Å². The van der Waals surface area contributed by atoms with E-state index >= 15 is 0 Å². The maximum Gasteiger partial charge on any atom is 0.323 e. The predicted octanol–water partition coefficient (Wildman–Crippen LogP) is 3.64. The van der Waals surface area contributed by atoms with Gasteiger partial charge in [-0.25, -0.2) is 13.9 Å². The summed E-state index contributed by atoms with van der Waals surface area (Å²) >= 11 is 0. The summed E-state index contributed by atoms with van der Waals surface area (Å²) in [4.78, 5) is 25.5. The molecule has 1 unspecified atom stereocenters. The Hall–Kier alpha value is -2.90. The normalized spacial score (nSPS) is 17.4. The number of hydrogen-bond donors (Lipinski definition) is 2. The average molecular weight is 388 g/mol. The monoisotopic (exact) mass is 388 g/mol. The molecule has 2 aromatic rings. The Morgan fingerprint density at radius 1 is 1.25 bits per heavy atom. The summed E-state index contributed by atoms with van der Waals surface area (Å²) in [6, 6.07) is 7.27. The second-order valence-corrected chi connectivity index (χ2v) is 8.11. The number of benzene rings is 1. The molecule has 2 amide bonds. The lowest BCUT2D eigenvalue weighted by molar-refractivity contribution is -0.143. The SMILES string of the molecule is CC(C)(C)c1cc(NC(=O)N2CCCC(C(=O)O)C2)n(-c2ccc(F)cc2)n1. The van der Waals surface area contributed by atoms with E-state index in [2.05, 4.69) is 10.4 Å². The molecule has 8 heteroatoms. The fraction of sp³-hybridized carbons (Fsp3) is 0.450. The zero-order valence-electron chi connectivity index (χ0n) is 16.3. The lowest BCUT2D eigenvalue weighted by atomic mass is 9.92. The summed E-state index contributed by atoms with van der Waals surface area (Å²) < 4.78 is 14.9. The first-order valence-electron chi connectivity index (χ1n) is 9.30. The van der Waals surface area contributed by atoms with Crippen molar-refractivity contribution in [2.75, 3.05) is 18.4 Å². The quantitative estimate of drug-likeness (QED) is 0.840. The van der Waals surface area contributed by atoms with Gasteiger partial charge in [-0.2, -0.15) is 5.10 Å². The lowest BCUT2D eigenvalue weighted by Gasteiger charge is -2.30. The number of aromatic nitrogens is 2. The average Bonchev–Trinajstić information content (AvgIpc) is 3.06. The highest BCUT2D eigenvalue weighted by atomic mass is 19.1. The van der Waals surface area contributed by atoms with Gasteiger partial charge < -0.3 is 10.0 Å². The van der Waals surface area contributed by atoms with Crippen molar-refractivity contribution >= 4 is 17.8 Å². The Morgan fingerprint density at radius 2 is 1.93 bits per heavy atom. The van der Waals surface area contributed by atoms with Gasteiger partial charge in [0.1, 0.15) is 11.6 Å². The summed E-state index contributed by atoms with van der Waals surface area (Å²) in [5, 5.41) is 16.7. The molecule has 1 atom stereocenters. The third-order valence-corrected chi connectivity index (χ3v) is 4.84. The van der Waals surface area contributed by atoms with E-state index in [9.17, 15) is 19.1 Å². The number of amides is 2. The number of urea groups is 1. The minimum absolute atomic E-state index is 0.179. The standard InChI is InChI=1S/C20H25FN4O3/c1-20(2,3)16-11-17(25(23-16)15-8-6-14(21)7-9-15)22-19(28)24-10-4-5-13(12-24)18(26)27/h6-9,11,13H,4-5,10,12H2,1-3H3,(H,22,28)(H,26,27). The zero-order valence-corrected chi connectivity index (χ0v) is 16.3. The molecular formula is C20H25FN4O3. The molecule has 7 nitrogen and oxygen atoms in total. The maximum absolute atomic E-state index is 13.3. The van der Waals surface area contributed by atoms with Gasteiger partial charge in [-0.15, -0.1) is 0 Å². The summed E-state index contributed by atoms with van der Waals surface area (Å²) in [6.45, 7) is 6.72. The van der Waals surface area contributed by atoms with Crippen LogP contribution in [0.4, 0.5) is 15.0 Å². The third-order valence-electron chi connectivity index (χ3n) is 4.84. The van der Waals surface area contributed by atoms with E-state index in [0.29, 0.717) is 30.9 Å². The van der Waals surface area contributed by atoms with Gasteiger partial charge in [0.15, 0.2) is 0 Å². The van der Waals surface area contributed by atoms with Crippen molar-refractivity contribution in [1.82, 2.24) is 14.7 Å². The first-order chi connectivity index (χ1) is 13.1. The van der Waals surface area contributed by atoms with Crippen LogP contribution in [-0.2, 0) is 10.2 Å². The summed E-state index contributed by atoms with van der Waals surface area (Å²) in [6.07, 6.45) is 1.22. The topological polar surface area (TPSA) is 87.5 Å². The molecule has 3 rings (SSSR count). The molecule has 1 fully saturated rings. The van der Waals surface area contributed by atoms with E-state index in [1.54, 1.807) is 22.9 Å². The highest BCUT2D eigenvalue weighted by Gasteiger charge is 2.29. The molecule has 0 aliphatic carbocycles. The smallest absolute Gasteiger partial charge is 0.323 e. The number of aliphatic carboxylic acids is 1. The molecule has 1 aromatic carbocycles. The minimum atomic E-state index is -0.885. The van der Waals surface area contributed by atoms with Crippen LogP contribution in [0.15, 0.2) is 30.3 Å². The van der Waals surface area contributed by atoms with Crippen molar-refractivity contribution in [1.29, 1.82) is 0 Å². The number of carboxylic acids is 1. The maximum atomic E-state index is 13.3. The molecule has 0 radical (unpaired) electrons. The number of likely N-dealkylation sites (tertiary alicyclic amines) is 1. The van der Waals surface area contributed by atoms with E-state index in [4.69, 9.17) is 0 Å². The molecule has 0 spiro atoms. The van der Waals surface area contributed by atoms with Gasteiger partial charge in [-0.05, 0) is 37.1 Å². The van der Waals surface area contributed by atoms with Gasteiger partial charge in [0.2, 0.25) is 0 Å². The molecular weight excluding hydrogens is 363 g/mol. The first kappa shape index (κ1) is 19.9. The predicted molar refractivity (Wildman–Crippen MR) is 103 cm³/mol.